The van der Waals surface area contributed by atoms with Crippen molar-refractivity contribution in [2.24, 2.45) is 5.73 Å². The number of methoxy groups -OCH3 is 2. The molecule has 0 fully saturated rings. The van der Waals surface area contributed by atoms with Crippen molar-refractivity contribution in [1.82, 2.24) is 0 Å². The van der Waals surface area contributed by atoms with Gasteiger partial charge in [-0.1, -0.05) is 6.07 Å². The second kappa shape index (κ2) is 5.58. The van der Waals surface area contributed by atoms with E-state index in [1.165, 1.54) is 26.4 Å². The lowest BCUT2D eigenvalue weighted by Gasteiger charge is -2.11. The number of carbonyl (C=O) groups excluding carboxylic acids is 1. The first-order valence-electron chi connectivity index (χ1n) is 4.73. The Hall–Kier alpha value is -1.46. The van der Waals surface area contributed by atoms with E-state index in [9.17, 15) is 9.18 Å². The second-order valence-electron chi connectivity index (χ2n) is 3.18. The molecule has 0 aliphatic carbocycles. The average Bonchev–Trinajstić information content (AvgIpc) is 2.30. The molecular weight excluding hydrogens is 213 g/mol. The molecule has 4 nitrogen and oxygen atoms in total. The van der Waals surface area contributed by atoms with Crippen molar-refractivity contribution in [1.29, 1.82) is 0 Å². The summed E-state index contributed by atoms with van der Waals surface area (Å²) in [6, 6.07) is 2.98. The summed E-state index contributed by atoms with van der Waals surface area (Å²) in [5.41, 5.74) is 5.72. The van der Waals surface area contributed by atoms with Crippen molar-refractivity contribution < 1.29 is 18.7 Å². The van der Waals surface area contributed by atoms with Gasteiger partial charge in [-0.15, -0.1) is 0 Å². The van der Waals surface area contributed by atoms with Crippen LogP contribution >= 0.6 is 0 Å². The molecule has 0 aliphatic heterocycles. The molecule has 2 N–H and O–H groups in total. The van der Waals surface area contributed by atoms with Crippen LogP contribution in [0.4, 0.5) is 4.39 Å². The van der Waals surface area contributed by atoms with E-state index in [0.29, 0.717) is 5.56 Å². The third kappa shape index (κ3) is 2.37. The first-order valence-corrected chi connectivity index (χ1v) is 4.73. The molecule has 0 spiro atoms. The molecule has 0 radical (unpaired) electrons. The van der Waals surface area contributed by atoms with Gasteiger partial charge in [0.15, 0.2) is 17.3 Å². The molecule has 16 heavy (non-hydrogen) atoms. The molecule has 88 valence electrons. The van der Waals surface area contributed by atoms with Crippen LogP contribution in [0.5, 0.6) is 5.75 Å². The van der Waals surface area contributed by atoms with Crippen LogP contribution in [0.1, 0.15) is 15.9 Å². The van der Waals surface area contributed by atoms with E-state index in [2.05, 4.69) is 0 Å². The van der Waals surface area contributed by atoms with E-state index in [-0.39, 0.29) is 30.2 Å². The topological polar surface area (TPSA) is 61.5 Å². The Morgan fingerprint density at radius 1 is 1.44 bits per heavy atom. The minimum absolute atomic E-state index is 0.0787. The number of benzene rings is 1. The van der Waals surface area contributed by atoms with Gasteiger partial charge in [-0.2, -0.15) is 0 Å². The van der Waals surface area contributed by atoms with E-state index in [1.54, 1.807) is 0 Å². The van der Waals surface area contributed by atoms with Gasteiger partial charge in [0.05, 0.1) is 25.8 Å². The van der Waals surface area contributed by atoms with Crippen LogP contribution in [0.15, 0.2) is 12.1 Å². The van der Waals surface area contributed by atoms with E-state index < -0.39 is 5.82 Å². The Labute approximate surface area is 93.2 Å². The third-order valence-electron chi connectivity index (χ3n) is 2.17. The largest absolute Gasteiger partial charge is 0.493 e. The number of hydrogen-bond donors (Lipinski definition) is 1. The summed E-state index contributed by atoms with van der Waals surface area (Å²) < 4.78 is 23.5. The quantitative estimate of drug-likeness (QED) is 0.766. The van der Waals surface area contributed by atoms with Crippen molar-refractivity contribution in [3.05, 3.63) is 29.1 Å². The molecule has 0 aromatic heterocycles. The SMILES string of the molecule is COCc1ccc(C(=O)CN)c(OC)c1F. The first-order chi connectivity index (χ1) is 7.65. The fraction of sp³-hybridized carbons (Fsp3) is 0.364. The summed E-state index contributed by atoms with van der Waals surface area (Å²) in [6.07, 6.45) is 0. The van der Waals surface area contributed by atoms with Crippen molar-refractivity contribution in [3.63, 3.8) is 0 Å². The van der Waals surface area contributed by atoms with E-state index >= 15 is 0 Å². The van der Waals surface area contributed by atoms with Crippen molar-refractivity contribution in [2.45, 2.75) is 6.61 Å². The fourth-order valence-corrected chi connectivity index (χ4v) is 1.39. The smallest absolute Gasteiger partial charge is 0.180 e. The highest BCUT2D eigenvalue weighted by Gasteiger charge is 2.17. The molecule has 0 amide bonds. The molecule has 0 bridgehead atoms. The zero-order valence-electron chi connectivity index (χ0n) is 9.25. The maximum atomic E-state index is 13.8. The van der Waals surface area contributed by atoms with Crippen LogP contribution in [0.2, 0.25) is 0 Å². The number of rotatable bonds is 5. The molecule has 0 saturated heterocycles. The maximum absolute atomic E-state index is 13.8. The lowest BCUT2D eigenvalue weighted by molar-refractivity contribution is 0.0997. The molecule has 0 unspecified atom stereocenters. The minimum atomic E-state index is -0.580. The van der Waals surface area contributed by atoms with E-state index in [1.807, 2.05) is 0 Å². The van der Waals surface area contributed by atoms with Gasteiger partial charge in [0.25, 0.3) is 0 Å². The zero-order valence-corrected chi connectivity index (χ0v) is 9.25. The zero-order chi connectivity index (χ0) is 12.1. The van der Waals surface area contributed by atoms with Crippen LogP contribution in [0.3, 0.4) is 0 Å². The summed E-state index contributed by atoms with van der Waals surface area (Å²) in [5, 5.41) is 0. The number of Topliss-reactive ketones (excluding diaryl/α,β-unsaturated/α-hetero) is 1. The number of carbonyl (C=O) groups is 1. The van der Waals surface area contributed by atoms with Gasteiger partial charge in [-0.3, -0.25) is 4.79 Å². The number of halogens is 1. The van der Waals surface area contributed by atoms with Crippen LogP contribution in [0, 0.1) is 5.82 Å². The molecule has 0 saturated carbocycles. The molecule has 1 aromatic carbocycles. The maximum Gasteiger partial charge on any atom is 0.180 e. The standard InChI is InChI=1S/C11H14FNO3/c1-15-6-7-3-4-8(9(14)5-13)11(16-2)10(7)12/h3-4H,5-6,13H2,1-2H3. The highest BCUT2D eigenvalue weighted by molar-refractivity contribution is 6.00. The normalized spacial score (nSPS) is 10.2. The van der Waals surface area contributed by atoms with Gasteiger partial charge in [0.1, 0.15) is 0 Å². The van der Waals surface area contributed by atoms with Crippen LogP contribution < -0.4 is 10.5 Å². The molecule has 0 heterocycles. The summed E-state index contributed by atoms with van der Waals surface area (Å²) in [6.45, 7) is -0.0568. The van der Waals surface area contributed by atoms with Crippen molar-refractivity contribution >= 4 is 5.78 Å². The lowest BCUT2D eigenvalue weighted by atomic mass is 10.1. The number of hydrogen-bond acceptors (Lipinski definition) is 4. The Morgan fingerprint density at radius 3 is 2.62 bits per heavy atom. The number of ether oxygens (including phenoxy) is 2. The first kappa shape index (κ1) is 12.6. The molecule has 1 rings (SSSR count). The van der Waals surface area contributed by atoms with Gasteiger partial charge in [0.2, 0.25) is 0 Å². The predicted molar refractivity (Wildman–Crippen MR) is 57.0 cm³/mol. The minimum Gasteiger partial charge on any atom is -0.493 e. The summed E-state index contributed by atoms with van der Waals surface area (Å²) in [4.78, 5) is 11.4. The summed E-state index contributed by atoms with van der Waals surface area (Å²) >= 11 is 0. The highest BCUT2D eigenvalue weighted by Crippen LogP contribution is 2.26. The fourth-order valence-electron chi connectivity index (χ4n) is 1.39. The Morgan fingerprint density at radius 2 is 2.12 bits per heavy atom. The lowest BCUT2D eigenvalue weighted by Crippen LogP contribution is -2.15. The Bertz CT molecular complexity index is 393. The van der Waals surface area contributed by atoms with Gasteiger partial charge in [0, 0.05) is 12.7 Å². The van der Waals surface area contributed by atoms with Crippen molar-refractivity contribution in [2.75, 3.05) is 20.8 Å². The summed E-state index contributed by atoms with van der Waals surface area (Å²) in [7, 11) is 2.77. The van der Waals surface area contributed by atoms with Gasteiger partial charge >= 0.3 is 0 Å². The van der Waals surface area contributed by atoms with Gasteiger partial charge in [-0.05, 0) is 6.07 Å². The highest BCUT2D eigenvalue weighted by atomic mass is 19.1. The van der Waals surface area contributed by atoms with Crippen LogP contribution in [0.25, 0.3) is 0 Å². The Kier molecular flexibility index (Phi) is 4.39. The van der Waals surface area contributed by atoms with E-state index in [0.717, 1.165) is 0 Å². The van der Waals surface area contributed by atoms with Crippen molar-refractivity contribution in [3.8, 4) is 5.75 Å². The molecule has 1 aromatic rings. The predicted octanol–water partition coefficient (Wildman–Crippen LogP) is 1.12. The van der Waals surface area contributed by atoms with Crippen LogP contribution in [-0.2, 0) is 11.3 Å². The second-order valence-corrected chi connectivity index (χ2v) is 3.18. The summed E-state index contributed by atoms with van der Waals surface area (Å²) in [5.74, 6) is -1.02. The Balaban J connectivity index is 3.23. The van der Waals surface area contributed by atoms with E-state index in [4.69, 9.17) is 15.2 Å². The van der Waals surface area contributed by atoms with Gasteiger partial charge < -0.3 is 15.2 Å². The molecule has 5 heteroatoms. The number of ketones is 1. The third-order valence-corrected chi connectivity index (χ3v) is 2.17. The monoisotopic (exact) mass is 227 g/mol. The van der Waals surface area contributed by atoms with Crippen LogP contribution in [-0.4, -0.2) is 26.5 Å². The number of nitrogens with two attached hydrogens (primary N) is 1. The molecule has 0 atom stereocenters. The molecule has 0 aliphatic rings. The average molecular weight is 227 g/mol. The van der Waals surface area contributed by atoms with Gasteiger partial charge in [-0.25, -0.2) is 4.39 Å². The molecular formula is C11H14FNO3.